The second-order valence-corrected chi connectivity index (χ2v) is 7.29. The summed E-state index contributed by atoms with van der Waals surface area (Å²) in [4.78, 5) is 31.5. The number of amides is 1. The molecule has 31 heavy (non-hydrogen) atoms. The zero-order valence-corrected chi connectivity index (χ0v) is 17.1. The number of imidazole rings is 1. The zero-order valence-electron chi connectivity index (χ0n) is 17.1. The van der Waals surface area contributed by atoms with Crippen LogP contribution in [0.25, 0.3) is 5.76 Å². The van der Waals surface area contributed by atoms with Gasteiger partial charge < -0.3 is 19.3 Å². The van der Waals surface area contributed by atoms with E-state index in [1.54, 1.807) is 48.8 Å². The van der Waals surface area contributed by atoms with E-state index in [0.29, 0.717) is 30.8 Å². The number of aliphatic hydroxyl groups excluding tert-OH is 1. The largest absolute Gasteiger partial charge is 0.507 e. The molecule has 1 aliphatic rings. The molecule has 1 N–H and O–H groups in total. The third-order valence-corrected chi connectivity index (χ3v) is 5.39. The van der Waals surface area contributed by atoms with Gasteiger partial charge in [-0.1, -0.05) is 30.3 Å². The summed E-state index contributed by atoms with van der Waals surface area (Å²) in [6.45, 7) is 1.05. The number of hydrogen-bond donors (Lipinski definition) is 1. The fourth-order valence-electron chi connectivity index (χ4n) is 3.84. The lowest BCUT2D eigenvalue weighted by Gasteiger charge is -2.25. The van der Waals surface area contributed by atoms with Crippen molar-refractivity contribution in [2.45, 2.75) is 19.0 Å². The van der Waals surface area contributed by atoms with Gasteiger partial charge in [0.05, 0.1) is 25.1 Å². The minimum Gasteiger partial charge on any atom is -0.507 e. The number of rotatable bonds is 7. The number of aryl methyl sites for hydroxylation is 1. The van der Waals surface area contributed by atoms with Gasteiger partial charge in [-0.15, -0.1) is 0 Å². The number of Topliss-reactive ketones (excluding diaryl/α,β-unsaturated/α-hetero) is 1. The van der Waals surface area contributed by atoms with Gasteiger partial charge in [-0.05, 0) is 36.2 Å². The van der Waals surface area contributed by atoms with Crippen LogP contribution in [-0.2, 0) is 16.1 Å². The molecule has 1 aliphatic heterocycles. The van der Waals surface area contributed by atoms with Crippen molar-refractivity contribution >= 4 is 17.4 Å². The summed E-state index contributed by atoms with van der Waals surface area (Å²) in [7, 11) is 1.56. The molecule has 2 aromatic carbocycles. The van der Waals surface area contributed by atoms with Crippen molar-refractivity contribution in [3.05, 3.63) is 90.0 Å². The highest BCUT2D eigenvalue weighted by atomic mass is 16.5. The first kappa shape index (κ1) is 20.4. The molecule has 0 aliphatic carbocycles. The van der Waals surface area contributed by atoms with Gasteiger partial charge in [-0.25, -0.2) is 4.98 Å². The second-order valence-electron chi connectivity index (χ2n) is 7.29. The number of aromatic nitrogens is 2. The molecule has 0 saturated carbocycles. The highest BCUT2D eigenvalue weighted by molar-refractivity contribution is 6.46. The molecule has 0 spiro atoms. The van der Waals surface area contributed by atoms with Crippen LogP contribution in [-0.4, -0.2) is 44.9 Å². The Hall–Kier alpha value is -3.87. The number of carbonyl (C=O) groups excluding carboxylic acids is 2. The number of nitrogens with zero attached hydrogens (tertiary/aromatic N) is 3. The number of hydrogen-bond acceptors (Lipinski definition) is 5. The van der Waals surface area contributed by atoms with Crippen LogP contribution in [0.1, 0.15) is 23.6 Å². The van der Waals surface area contributed by atoms with Crippen molar-refractivity contribution in [3.8, 4) is 5.75 Å². The van der Waals surface area contributed by atoms with E-state index < -0.39 is 17.7 Å². The summed E-state index contributed by atoms with van der Waals surface area (Å²) in [6.07, 6.45) is 5.92. The third kappa shape index (κ3) is 4.07. The van der Waals surface area contributed by atoms with E-state index in [9.17, 15) is 14.7 Å². The maximum Gasteiger partial charge on any atom is 0.295 e. The number of benzene rings is 2. The lowest BCUT2D eigenvalue weighted by Crippen LogP contribution is -2.31. The van der Waals surface area contributed by atoms with E-state index in [1.807, 2.05) is 41.1 Å². The molecule has 1 unspecified atom stereocenters. The standard InChI is InChI=1S/C24H23N3O4/c1-31-19-10-8-18(9-11-19)22(28)20-21(17-6-3-2-4-7-17)27(24(30)23(20)29)14-5-13-26-15-12-25-16-26/h2-4,6-12,15-16,21,28H,5,13-14H2,1H3/b22-20+. The SMILES string of the molecule is COc1ccc(/C(O)=C2\C(=O)C(=O)N(CCCn3ccnc3)C2c2ccccc2)cc1. The Morgan fingerprint density at radius 3 is 2.45 bits per heavy atom. The number of ether oxygens (including phenoxy) is 1. The normalized spacial score (nSPS) is 17.8. The van der Waals surface area contributed by atoms with Gasteiger partial charge in [0.2, 0.25) is 0 Å². The van der Waals surface area contributed by atoms with Crippen molar-refractivity contribution in [2.24, 2.45) is 0 Å². The van der Waals surface area contributed by atoms with Crippen LogP contribution >= 0.6 is 0 Å². The Labute approximate surface area is 180 Å². The molecule has 158 valence electrons. The molecule has 1 fully saturated rings. The van der Waals surface area contributed by atoms with Crippen LogP contribution in [0.15, 0.2) is 78.9 Å². The molecule has 0 radical (unpaired) electrons. The minimum atomic E-state index is -0.676. The molecule has 7 heteroatoms. The van der Waals surface area contributed by atoms with Gasteiger partial charge in [0.25, 0.3) is 11.7 Å². The van der Waals surface area contributed by atoms with E-state index in [-0.39, 0.29) is 11.3 Å². The molecule has 1 atom stereocenters. The Morgan fingerprint density at radius 1 is 1.06 bits per heavy atom. The van der Waals surface area contributed by atoms with E-state index in [2.05, 4.69) is 4.98 Å². The van der Waals surface area contributed by atoms with Crippen LogP contribution in [0.3, 0.4) is 0 Å². The Bertz CT molecular complexity index is 1090. The van der Waals surface area contributed by atoms with Crippen LogP contribution in [0.2, 0.25) is 0 Å². The first-order valence-corrected chi connectivity index (χ1v) is 10.0. The van der Waals surface area contributed by atoms with Crippen LogP contribution in [0.4, 0.5) is 0 Å². The highest BCUT2D eigenvalue weighted by Crippen LogP contribution is 2.39. The zero-order chi connectivity index (χ0) is 21.8. The maximum absolute atomic E-state index is 13.0. The summed E-state index contributed by atoms with van der Waals surface area (Å²) < 4.78 is 7.08. The van der Waals surface area contributed by atoms with E-state index in [0.717, 1.165) is 5.56 Å². The summed E-state index contributed by atoms with van der Waals surface area (Å²) in [6, 6.07) is 15.4. The molecule has 7 nitrogen and oxygen atoms in total. The molecule has 1 saturated heterocycles. The molecule has 0 bridgehead atoms. The summed E-state index contributed by atoms with van der Waals surface area (Å²) in [5, 5.41) is 11.0. The first-order valence-electron chi connectivity index (χ1n) is 10.0. The lowest BCUT2D eigenvalue weighted by atomic mass is 9.95. The number of carbonyl (C=O) groups is 2. The van der Waals surface area contributed by atoms with Crippen molar-refractivity contribution in [1.82, 2.24) is 14.5 Å². The molecular weight excluding hydrogens is 394 g/mol. The smallest absolute Gasteiger partial charge is 0.295 e. The number of ketones is 1. The van der Waals surface area contributed by atoms with Crippen LogP contribution in [0.5, 0.6) is 5.75 Å². The summed E-state index contributed by atoms with van der Waals surface area (Å²) in [5.74, 6) is -0.831. The van der Waals surface area contributed by atoms with E-state index in [1.165, 1.54) is 0 Å². The predicted molar refractivity (Wildman–Crippen MR) is 115 cm³/mol. The number of methoxy groups -OCH3 is 1. The third-order valence-electron chi connectivity index (χ3n) is 5.39. The average Bonchev–Trinajstić information content (AvgIpc) is 3.41. The average molecular weight is 417 g/mol. The van der Waals surface area contributed by atoms with Gasteiger partial charge >= 0.3 is 0 Å². The van der Waals surface area contributed by atoms with E-state index in [4.69, 9.17) is 4.74 Å². The predicted octanol–water partition coefficient (Wildman–Crippen LogP) is 3.40. The minimum absolute atomic E-state index is 0.101. The molecule has 1 amide bonds. The summed E-state index contributed by atoms with van der Waals surface area (Å²) >= 11 is 0. The molecule has 3 aromatic rings. The van der Waals surface area contributed by atoms with Crippen molar-refractivity contribution in [1.29, 1.82) is 0 Å². The van der Waals surface area contributed by atoms with E-state index >= 15 is 0 Å². The second kappa shape index (κ2) is 8.87. The fourth-order valence-corrected chi connectivity index (χ4v) is 3.84. The van der Waals surface area contributed by atoms with Gasteiger partial charge in [0.1, 0.15) is 11.5 Å². The van der Waals surface area contributed by atoms with Crippen molar-refractivity contribution in [2.75, 3.05) is 13.7 Å². The topological polar surface area (TPSA) is 84.7 Å². The van der Waals surface area contributed by atoms with Gasteiger partial charge in [0, 0.05) is 31.0 Å². The van der Waals surface area contributed by atoms with Gasteiger partial charge in [-0.2, -0.15) is 0 Å². The van der Waals surface area contributed by atoms with Crippen LogP contribution < -0.4 is 4.74 Å². The Morgan fingerprint density at radius 2 is 1.81 bits per heavy atom. The molecular formula is C24H23N3O4. The highest BCUT2D eigenvalue weighted by Gasteiger charge is 2.45. The Balaban J connectivity index is 1.70. The van der Waals surface area contributed by atoms with Gasteiger partial charge in [-0.3, -0.25) is 9.59 Å². The first-order chi connectivity index (χ1) is 15.1. The quantitative estimate of drug-likeness (QED) is 0.362. The maximum atomic E-state index is 13.0. The summed E-state index contributed by atoms with van der Waals surface area (Å²) in [5.41, 5.74) is 1.33. The van der Waals surface area contributed by atoms with Crippen molar-refractivity contribution in [3.63, 3.8) is 0 Å². The monoisotopic (exact) mass is 417 g/mol. The molecule has 1 aromatic heterocycles. The lowest BCUT2D eigenvalue weighted by molar-refractivity contribution is -0.139. The molecule has 2 heterocycles. The fraction of sp³-hybridized carbons (Fsp3) is 0.208. The van der Waals surface area contributed by atoms with Gasteiger partial charge in [0.15, 0.2) is 0 Å². The number of aliphatic hydroxyl groups is 1. The van der Waals surface area contributed by atoms with Crippen molar-refractivity contribution < 1.29 is 19.4 Å². The Kier molecular flexibility index (Phi) is 5.84. The molecule has 4 rings (SSSR count). The van der Waals surface area contributed by atoms with Crippen LogP contribution in [0, 0.1) is 0 Å². The number of likely N-dealkylation sites (tertiary alicyclic amines) is 1.